The lowest BCUT2D eigenvalue weighted by atomic mass is 10.0. The summed E-state index contributed by atoms with van der Waals surface area (Å²) in [6.45, 7) is 6.39. The third-order valence-corrected chi connectivity index (χ3v) is 4.28. The first-order chi connectivity index (χ1) is 13.1. The summed E-state index contributed by atoms with van der Waals surface area (Å²) in [4.78, 5) is 17.3. The molecule has 1 amide bonds. The number of pyridine rings is 1. The molecule has 27 heavy (non-hydrogen) atoms. The van der Waals surface area contributed by atoms with Crippen molar-refractivity contribution < 1.29 is 14.1 Å². The fourth-order valence-corrected chi connectivity index (χ4v) is 2.80. The molecule has 3 rings (SSSR count). The first kappa shape index (κ1) is 19.0. The number of fused-ring (bicyclic) bond motifs is 1. The van der Waals surface area contributed by atoms with E-state index in [9.17, 15) is 4.79 Å². The van der Waals surface area contributed by atoms with Crippen LogP contribution in [0.1, 0.15) is 21.6 Å². The average Bonchev–Trinajstić information content (AvgIpc) is 3.05. The molecule has 2 aromatic heterocycles. The highest BCUT2D eigenvalue weighted by atomic mass is 16.5. The minimum atomic E-state index is -0.171. The van der Waals surface area contributed by atoms with Gasteiger partial charge in [0.25, 0.3) is 11.6 Å². The summed E-state index contributed by atoms with van der Waals surface area (Å²) in [7, 11) is 1.66. The van der Waals surface area contributed by atoms with E-state index in [-0.39, 0.29) is 5.91 Å². The van der Waals surface area contributed by atoms with Crippen molar-refractivity contribution in [3.8, 4) is 11.3 Å². The Morgan fingerprint density at radius 2 is 1.93 bits per heavy atom. The quantitative estimate of drug-likeness (QED) is 0.594. The van der Waals surface area contributed by atoms with E-state index < -0.39 is 0 Å². The molecule has 0 bridgehead atoms. The summed E-state index contributed by atoms with van der Waals surface area (Å²) in [6.07, 6.45) is 0. The molecule has 0 unspecified atom stereocenters. The van der Waals surface area contributed by atoms with Crippen LogP contribution in [0, 0.1) is 13.8 Å². The van der Waals surface area contributed by atoms with Crippen LogP contribution in [0.15, 0.2) is 34.9 Å². The van der Waals surface area contributed by atoms with Crippen LogP contribution in [0.3, 0.4) is 0 Å². The van der Waals surface area contributed by atoms with Gasteiger partial charge in [-0.15, -0.1) is 0 Å². The maximum Gasteiger partial charge on any atom is 0.259 e. The Morgan fingerprint density at radius 1 is 1.15 bits per heavy atom. The molecule has 7 nitrogen and oxygen atoms in total. The van der Waals surface area contributed by atoms with Gasteiger partial charge < -0.3 is 19.9 Å². The molecule has 1 aromatic carbocycles. The van der Waals surface area contributed by atoms with Crippen molar-refractivity contribution >= 4 is 17.0 Å². The maximum absolute atomic E-state index is 12.8. The van der Waals surface area contributed by atoms with Gasteiger partial charge >= 0.3 is 0 Å². The van der Waals surface area contributed by atoms with Crippen LogP contribution in [0.4, 0.5) is 0 Å². The molecule has 2 heterocycles. The number of carbonyl (C=O) groups excluding carboxylic acids is 1. The summed E-state index contributed by atoms with van der Waals surface area (Å²) in [6, 6.07) is 9.78. The minimum absolute atomic E-state index is 0.171. The number of nitrogens with zero attached hydrogens (tertiary/aromatic N) is 2. The van der Waals surface area contributed by atoms with Gasteiger partial charge in [-0.25, -0.2) is 4.98 Å². The fourth-order valence-electron chi connectivity index (χ4n) is 2.80. The molecule has 0 fully saturated rings. The van der Waals surface area contributed by atoms with Crippen molar-refractivity contribution in [3.63, 3.8) is 0 Å². The normalized spacial score (nSPS) is 11.1. The number of amides is 1. The number of carbonyl (C=O) groups is 1. The van der Waals surface area contributed by atoms with Crippen LogP contribution in [-0.4, -0.2) is 49.4 Å². The number of hydrogen-bond donors (Lipinski definition) is 2. The van der Waals surface area contributed by atoms with Crippen LogP contribution in [0.25, 0.3) is 22.4 Å². The Morgan fingerprint density at radius 3 is 2.67 bits per heavy atom. The first-order valence-electron chi connectivity index (χ1n) is 8.92. The molecule has 0 saturated carbocycles. The molecular weight excluding hydrogens is 344 g/mol. The molecule has 7 heteroatoms. The maximum atomic E-state index is 12.8. The second-order valence-electron chi connectivity index (χ2n) is 6.37. The summed E-state index contributed by atoms with van der Waals surface area (Å²) in [5.41, 5.74) is 4.31. The van der Waals surface area contributed by atoms with Crippen LogP contribution >= 0.6 is 0 Å². The predicted molar refractivity (Wildman–Crippen MR) is 104 cm³/mol. The highest BCUT2D eigenvalue weighted by molar-refractivity contribution is 6.07. The zero-order chi connectivity index (χ0) is 19.2. The molecule has 0 spiro atoms. The number of benzene rings is 1. The molecule has 0 aliphatic heterocycles. The van der Waals surface area contributed by atoms with Gasteiger partial charge in [-0.2, -0.15) is 0 Å². The van der Waals surface area contributed by atoms with E-state index in [0.29, 0.717) is 47.7 Å². The third-order valence-electron chi connectivity index (χ3n) is 4.28. The van der Waals surface area contributed by atoms with E-state index in [2.05, 4.69) is 20.8 Å². The van der Waals surface area contributed by atoms with Crippen LogP contribution in [-0.2, 0) is 4.74 Å². The van der Waals surface area contributed by atoms with E-state index in [1.54, 1.807) is 13.2 Å². The number of nitrogens with one attached hydrogen (secondary N) is 2. The molecule has 3 aromatic rings. The summed E-state index contributed by atoms with van der Waals surface area (Å²) in [5, 5.41) is 10.8. The Labute approximate surface area is 158 Å². The van der Waals surface area contributed by atoms with E-state index in [1.165, 1.54) is 0 Å². The Balaban J connectivity index is 1.83. The number of rotatable bonds is 8. The van der Waals surface area contributed by atoms with Gasteiger partial charge in [-0.1, -0.05) is 35.0 Å². The van der Waals surface area contributed by atoms with E-state index in [0.717, 1.165) is 17.7 Å². The van der Waals surface area contributed by atoms with Crippen molar-refractivity contribution in [2.75, 3.05) is 33.4 Å². The van der Waals surface area contributed by atoms with Gasteiger partial charge in [0.15, 0.2) is 0 Å². The molecule has 0 aliphatic carbocycles. The number of methoxy groups -OCH3 is 1. The van der Waals surface area contributed by atoms with Gasteiger partial charge in [-0.3, -0.25) is 4.79 Å². The number of aromatic nitrogens is 2. The monoisotopic (exact) mass is 368 g/mol. The van der Waals surface area contributed by atoms with Crippen molar-refractivity contribution in [1.29, 1.82) is 0 Å². The molecule has 2 N–H and O–H groups in total. The number of hydrogen-bond acceptors (Lipinski definition) is 6. The zero-order valence-electron chi connectivity index (χ0n) is 15.8. The molecule has 0 saturated heterocycles. The van der Waals surface area contributed by atoms with Crippen LogP contribution < -0.4 is 10.6 Å². The minimum Gasteiger partial charge on any atom is -0.383 e. The summed E-state index contributed by atoms with van der Waals surface area (Å²) in [5.74, 6) is -0.171. The van der Waals surface area contributed by atoms with E-state index >= 15 is 0 Å². The van der Waals surface area contributed by atoms with Gasteiger partial charge in [0, 0.05) is 32.3 Å². The van der Waals surface area contributed by atoms with E-state index in [1.807, 2.05) is 38.1 Å². The average molecular weight is 368 g/mol. The number of ether oxygens (including phenoxy) is 1. The van der Waals surface area contributed by atoms with Crippen LogP contribution in [0.5, 0.6) is 0 Å². The van der Waals surface area contributed by atoms with Gasteiger partial charge in [-0.05, 0) is 19.9 Å². The van der Waals surface area contributed by atoms with Crippen molar-refractivity contribution in [3.05, 3.63) is 47.2 Å². The smallest absolute Gasteiger partial charge is 0.259 e. The standard InChI is InChI=1S/C20H24N4O3/c1-13-4-6-15(7-5-13)17-12-16(18-14(2)24-27-20(18)23-17)19(25)22-9-8-21-10-11-26-3/h4-7,12,21H,8-11H2,1-3H3,(H,22,25). The molecular formula is C20H24N4O3. The SMILES string of the molecule is COCCNCCNC(=O)c1cc(-c2ccc(C)cc2)nc2onc(C)c12. The Hall–Kier alpha value is -2.77. The highest BCUT2D eigenvalue weighted by Gasteiger charge is 2.19. The lowest BCUT2D eigenvalue weighted by molar-refractivity contribution is 0.0955. The van der Waals surface area contributed by atoms with Crippen LogP contribution in [0.2, 0.25) is 0 Å². The number of aryl methyl sites for hydroxylation is 2. The largest absolute Gasteiger partial charge is 0.383 e. The lowest BCUT2D eigenvalue weighted by Crippen LogP contribution is -2.33. The van der Waals surface area contributed by atoms with Crippen molar-refractivity contribution in [2.24, 2.45) is 0 Å². The van der Waals surface area contributed by atoms with E-state index in [4.69, 9.17) is 9.26 Å². The Bertz CT molecular complexity index is 919. The summed E-state index contributed by atoms with van der Waals surface area (Å²) >= 11 is 0. The lowest BCUT2D eigenvalue weighted by Gasteiger charge is -2.09. The zero-order valence-corrected chi connectivity index (χ0v) is 15.8. The topological polar surface area (TPSA) is 89.3 Å². The predicted octanol–water partition coefficient (Wildman–Crippen LogP) is 2.47. The fraction of sp³-hybridized carbons (Fsp3) is 0.350. The Kier molecular flexibility index (Phi) is 6.16. The third kappa shape index (κ3) is 4.50. The molecule has 0 atom stereocenters. The van der Waals surface area contributed by atoms with Gasteiger partial charge in [0.05, 0.1) is 28.9 Å². The highest BCUT2D eigenvalue weighted by Crippen LogP contribution is 2.27. The van der Waals surface area contributed by atoms with Gasteiger partial charge in [0.2, 0.25) is 0 Å². The van der Waals surface area contributed by atoms with Crippen molar-refractivity contribution in [1.82, 2.24) is 20.8 Å². The molecule has 0 aliphatic rings. The first-order valence-corrected chi connectivity index (χ1v) is 8.92. The second kappa shape index (κ2) is 8.75. The molecule has 0 radical (unpaired) electrons. The van der Waals surface area contributed by atoms with Gasteiger partial charge in [0.1, 0.15) is 0 Å². The van der Waals surface area contributed by atoms with Crippen molar-refractivity contribution in [2.45, 2.75) is 13.8 Å². The second-order valence-corrected chi connectivity index (χ2v) is 6.37. The molecule has 142 valence electrons. The summed E-state index contributed by atoms with van der Waals surface area (Å²) < 4.78 is 10.3.